The minimum absolute atomic E-state index is 0.290. The summed E-state index contributed by atoms with van der Waals surface area (Å²) in [6, 6.07) is -0.785. The average molecular weight is 243 g/mol. The highest BCUT2D eigenvalue weighted by molar-refractivity contribution is 5.96. The lowest BCUT2D eigenvalue weighted by Gasteiger charge is -2.17. The molecule has 0 aromatic carbocycles. The lowest BCUT2D eigenvalue weighted by atomic mass is 10.0. The molecule has 0 aromatic heterocycles. The molecule has 0 fully saturated rings. The lowest BCUT2D eigenvalue weighted by Crippen LogP contribution is -2.48. The topological polar surface area (TPSA) is 70.2 Å². The Balaban J connectivity index is 3.92. The SMILES string of the molecule is CCNC(=O)NC(=O)C(C)NCC(CC)CC. The number of hydrogen-bond acceptors (Lipinski definition) is 3. The van der Waals surface area contributed by atoms with E-state index in [1.807, 2.05) is 0 Å². The smallest absolute Gasteiger partial charge is 0.321 e. The average Bonchev–Trinajstić information content (AvgIpc) is 2.30. The summed E-state index contributed by atoms with van der Waals surface area (Å²) in [5.41, 5.74) is 0. The number of rotatable bonds is 7. The molecule has 0 bridgehead atoms. The zero-order chi connectivity index (χ0) is 13.3. The van der Waals surface area contributed by atoms with Crippen LogP contribution >= 0.6 is 0 Å². The van der Waals surface area contributed by atoms with E-state index in [1.54, 1.807) is 13.8 Å². The zero-order valence-electron chi connectivity index (χ0n) is 11.3. The third-order valence-electron chi connectivity index (χ3n) is 2.83. The summed E-state index contributed by atoms with van der Waals surface area (Å²) in [6.45, 7) is 9.14. The largest absolute Gasteiger partial charge is 0.338 e. The third-order valence-corrected chi connectivity index (χ3v) is 2.83. The predicted molar refractivity (Wildman–Crippen MR) is 68.8 cm³/mol. The molecule has 5 nitrogen and oxygen atoms in total. The van der Waals surface area contributed by atoms with Crippen LogP contribution < -0.4 is 16.0 Å². The molecule has 0 heterocycles. The normalized spacial score (nSPS) is 12.3. The van der Waals surface area contributed by atoms with E-state index in [1.165, 1.54) is 0 Å². The Morgan fingerprint density at radius 1 is 1.12 bits per heavy atom. The van der Waals surface area contributed by atoms with Gasteiger partial charge in [0.1, 0.15) is 0 Å². The van der Waals surface area contributed by atoms with Crippen LogP contribution in [-0.2, 0) is 4.79 Å². The quantitative estimate of drug-likeness (QED) is 0.630. The van der Waals surface area contributed by atoms with E-state index in [0.717, 1.165) is 19.4 Å². The van der Waals surface area contributed by atoms with E-state index in [4.69, 9.17) is 0 Å². The molecular weight excluding hydrogens is 218 g/mol. The maximum Gasteiger partial charge on any atom is 0.321 e. The van der Waals surface area contributed by atoms with Crippen LogP contribution in [0.5, 0.6) is 0 Å². The molecule has 5 heteroatoms. The highest BCUT2D eigenvalue weighted by atomic mass is 16.2. The molecule has 0 aromatic rings. The van der Waals surface area contributed by atoms with Gasteiger partial charge in [-0.05, 0) is 26.3 Å². The zero-order valence-corrected chi connectivity index (χ0v) is 11.3. The van der Waals surface area contributed by atoms with E-state index >= 15 is 0 Å². The van der Waals surface area contributed by atoms with Crippen LogP contribution in [0.4, 0.5) is 4.79 Å². The molecule has 100 valence electrons. The Bertz CT molecular complexity index is 240. The Labute approximate surface area is 104 Å². The maximum atomic E-state index is 11.6. The molecule has 17 heavy (non-hydrogen) atoms. The van der Waals surface area contributed by atoms with E-state index in [2.05, 4.69) is 29.8 Å². The van der Waals surface area contributed by atoms with Gasteiger partial charge >= 0.3 is 6.03 Å². The van der Waals surface area contributed by atoms with Gasteiger partial charge in [0.25, 0.3) is 0 Å². The number of urea groups is 1. The van der Waals surface area contributed by atoms with Crippen molar-refractivity contribution in [1.29, 1.82) is 0 Å². The van der Waals surface area contributed by atoms with Crippen LogP contribution in [-0.4, -0.2) is 31.1 Å². The summed E-state index contributed by atoms with van der Waals surface area (Å²) in [7, 11) is 0. The highest BCUT2D eigenvalue weighted by Gasteiger charge is 2.15. The van der Waals surface area contributed by atoms with Crippen molar-refractivity contribution in [2.75, 3.05) is 13.1 Å². The molecule has 1 atom stereocenters. The number of carbonyl (C=O) groups is 2. The highest BCUT2D eigenvalue weighted by Crippen LogP contribution is 2.05. The first-order valence-corrected chi connectivity index (χ1v) is 6.37. The minimum atomic E-state index is -0.436. The van der Waals surface area contributed by atoms with Crippen LogP contribution in [0.2, 0.25) is 0 Å². The molecule has 0 aliphatic rings. The van der Waals surface area contributed by atoms with Gasteiger partial charge in [0, 0.05) is 6.54 Å². The summed E-state index contributed by atoms with van der Waals surface area (Å²) in [5, 5.41) is 7.95. The van der Waals surface area contributed by atoms with E-state index in [-0.39, 0.29) is 11.9 Å². The minimum Gasteiger partial charge on any atom is -0.338 e. The summed E-state index contributed by atoms with van der Waals surface area (Å²) in [4.78, 5) is 22.7. The summed E-state index contributed by atoms with van der Waals surface area (Å²) in [6.07, 6.45) is 2.18. The molecule has 3 N–H and O–H groups in total. The van der Waals surface area contributed by atoms with Crippen LogP contribution in [0.25, 0.3) is 0 Å². The standard InChI is InChI=1S/C12H25N3O2/c1-5-10(6-2)8-14-9(4)11(16)15-12(17)13-7-3/h9-10,14H,5-8H2,1-4H3,(H2,13,15,16,17). The monoisotopic (exact) mass is 243 g/mol. The Hall–Kier alpha value is -1.10. The van der Waals surface area contributed by atoms with Gasteiger partial charge in [-0.25, -0.2) is 4.79 Å². The van der Waals surface area contributed by atoms with Gasteiger partial charge < -0.3 is 10.6 Å². The molecule has 0 saturated carbocycles. The van der Waals surface area contributed by atoms with Crippen molar-refractivity contribution < 1.29 is 9.59 Å². The molecule has 0 spiro atoms. The summed E-state index contributed by atoms with van der Waals surface area (Å²) >= 11 is 0. The number of amides is 3. The van der Waals surface area contributed by atoms with Gasteiger partial charge in [0.2, 0.25) is 5.91 Å². The fraction of sp³-hybridized carbons (Fsp3) is 0.833. The fourth-order valence-electron chi connectivity index (χ4n) is 1.44. The Kier molecular flexibility index (Phi) is 8.40. The molecule has 0 rings (SSSR count). The van der Waals surface area contributed by atoms with E-state index in [9.17, 15) is 9.59 Å². The molecule has 0 saturated heterocycles. The van der Waals surface area contributed by atoms with Gasteiger partial charge in [-0.3, -0.25) is 10.1 Å². The van der Waals surface area contributed by atoms with Crippen molar-refractivity contribution in [3.63, 3.8) is 0 Å². The number of nitrogens with one attached hydrogen (secondary N) is 3. The number of carbonyl (C=O) groups excluding carboxylic acids is 2. The molecule has 0 aliphatic carbocycles. The molecule has 3 amide bonds. The Morgan fingerprint density at radius 2 is 1.71 bits per heavy atom. The molecule has 1 unspecified atom stereocenters. The van der Waals surface area contributed by atoms with Crippen LogP contribution in [0.3, 0.4) is 0 Å². The third kappa shape index (κ3) is 6.94. The first kappa shape index (κ1) is 15.9. The van der Waals surface area contributed by atoms with Crippen LogP contribution in [0.15, 0.2) is 0 Å². The van der Waals surface area contributed by atoms with Crippen LogP contribution in [0, 0.1) is 5.92 Å². The fourth-order valence-corrected chi connectivity index (χ4v) is 1.44. The van der Waals surface area contributed by atoms with Crippen LogP contribution in [0.1, 0.15) is 40.5 Å². The molecule has 0 aliphatic heterocycles. The second-order valence-electron chi connectivity index (χ2n) is 4.16. The summed E-state index contributed by atoms with van der Waals surface area (Å²) in [5.74, 6) is 0.289. The van der Waals surface area contributed by atoms with Crippen molar-refractivity contribution in [1.82, 2.24) is 16.0 Å². The summed E-state index contributed by atoms with van der Waals surface area (Å²) < 4.78 is 0. The second kappa shape index (κ2) is 8.98. The number of hydrogen-bond donors (Lipinski definition) is 3. The first-order chi connectivity index (χ1) is 8.04. The molecule has 0 radical (unpaired) electrons. The van der Waals surface area contributed by atoms with Crippen molar-refractivity contribution in [2.45, 2.75) is 46.6 Å². The first-order valence-electron chi connectivity index (χ1n) is 6.37. The van der Waals surface area contributed by atoms with Gasteiger partial charge in [-0.2, -0.15) is 0 Å². The predicted octanol–water partition coefficient (Wildman–Crippen LogP) is 1.25. The van der Waals surface area contributed by atoms with Crippen molar-refractivity contribution in [2.24, 2.45) is 5.92 Å². The van der Waals surface area contributed by atoms with Gasteiger partial charge in [-0.15, -0.1) is 0 Å². The van der Waals surface area contributed by atoms with Crippen molar-refractivity contribution >= 4 is 11.9 Å². The van der Waals surface area contributed by atoms with Crippen molar-refractivity contribution in [3.8, 4) is 0 Å². The lowest BCUT2D eigenvalue weighted by molar-refractivity contribution is -0.121. The maximum absolute atomic E-state index is 11.6. The van der Waals surface area contributed by atoms with E-state index < -0.39 is 6.03 Å². The van der Waals surface area contributed by atoms with Crippen molar-refractivity contribution in [3.05, 3.63) is 0 Å². The second-order valence-corrected chi connectivity index (χ2v) is 4.16. The number of imide groups is 1. The van der Waals surface area contributed by atoms with Gasteiger partial charge in [-0.1, -0.05) is 26.7 Å². The Morgan fingerprint density at radius 3 is 2.18 bits per heavy atom. The van der Waals surface area contributed by atoms with E-state index in [0.29, 0.717) is 12.5 Å². The molecular formula is C12H25N3O2. The van der Waals surface area contributed by atoms with Gasteiger partial charge in [0.15, 0.2) is 0 Å². The van der Waals surface area contributed by atoms with Gasteiger partial charge in [0.05, 0.1) is 6.04 Å².